The maximum absolute atomic E-state index is 13.0. The second-order valence-corrected chi connectivity index (χ2v) is 8.71. The van der Waals surface area contributed by atoms with Gasteiger partial charge in [0.2, 0.25) is 5.91 Å². The molecule has 3 fully saturated rings. The topological polar surface area (TPSA) is 73.6 Å². The minimum absolute atomic E-state index is 0. The number of hydrogen-bond acceptors (Lipinski definition) is 4. The van der Waals surface area contributed by atoms with Crippen molar-refractivity contribution in [2.45, 2.75) is 57.1 Å². The van der Waals surface area contributed by atoms with Gasteiger partial charge in [0.15, 0.2) is 0 Å². The van der Waals surface area contributed by atoms with Gasteiger partial charge in [-0.25, -0.2) is 0 Å². The van der Waals surface area contributed by atoms with Gasteiger partial charge in [-0.1, -0.05) is 18.0 Å². The Balaban J connectivity index is 0.00000225. The van der Waals surface area contributed by atoms with Gasteiger partial charge in [-0.2, -0.15) is 0 Å². The Morgan fingerprint density at radius 3 is 2.64 bits per heavy atom. The number of ether oxygens (including phenoxy) is 2. The van der Waals surface area contributed by atoms with Crippen LogP contribution in [-0.4, -0.2) is 31.3 Å². The molecule has 156 valence electrons. The minimum atomic E-state index is 0. The number of benzene rings is 1. The third-order valence-corrected chi connectivity index (χ3v) is 6.67. The number of hydrogen-bond donors (Lipinski definition) is 2. The van der Waals surface area contributed by atoms with E-state index in [-0.39, 0.29) is 36.4 Å². The number of carbonyl (C=O) groups is 1. The molecule has 3 aliphatic rings. The lowest BCUT2D eigenvalue weighted by molar-refractivity contribution is -0.122. The average Bonchev–Trinajstić information content (AvgIpc) is 3.14. The maximum Gasteiger partial charge on any atom is 0.227 e. The molecule has 1 saturated heterocycles. The van der Waals surface area contributed by atoms with E-state index in [2.05, 4.69) is 5.32 Å². The van der Waals surface area contributed by atoms with Crippen LogP contribution in [0.25, 0.3) is 0 Å². The summed E-state index contributed by atoms with van der Waals surface area (Å²) in [5, 5.41) is 3.65. The molecule has 4 rings (SSSR count). The monoisotopic (exact) mass is 428 g/mol. The largest absolute Gasteiger partial charge is 0.489 e. The number of halogens is 2. The van der Waals surface area contributed by atoms with Crippen molar-refractivity contribution in [2.75, 3.05) is 18.5 Å². The highest BCUT2D eigenvalue weighted by Crippen LogP contribution is 2.42. The highest BCUT2D eigenvalue weighted by molar-refractivity contribution is 6.31. The summed E-state index contributed by atoms with van der Waals surface area (Å²) in [7, 11) is 0. The summed E-state index contributed by atoms with van der Waals surface area (Å²) in [6, 6.07) is 5.63. The Bertz CT molecular complexity index is 668. The van der Waals surface area contributed by atoms with E-state index in [9.17, 15) is 4.79 Å². The molecule has 3 atom stereocenters. The molecule has 3 unspecified atom stereocenters. The van der Waals surface area contributed by atoms with Gasteiger partial charge in [0.25, 0.3) is 0 Å². The van der Waals surface area contributed by atoms with Gasteiger partial charge in [0, 0.05) is 23.6 Å². The van der Waals surface area contributed by atoms with E-state index in [1.54, 1.807) is 12.1 Å². The number of fused-ring (bicyclic) bond motifs is 2. The first kappa shape index (κ1) is 21.7. The molecule has 0 radical (unpaired) electrons. The molecule has 2 saturated carbocycles. The van der Waals surface area contributed by atoms with Crippen LogP contribution in [0.15, 0.2) is 18.2 Å². The van der Waals surface area contributed by atoms with Gasteiger partial charge in [-0.05, 0) is 68.6 Å². The third kappa shape index (κ3) is 4.93. The zero-order chi connectivity index (χ0) is 18.8. The van der Waals surface area contributed by atoms with Crippen LogP contribution >= 0.6 is 24.0 Å². The maximum atomic E-state index is 13.0. The number of carbonyl (C=O) groups excluding carboxylic acids is 1. The summed E-state index contributed by atoms with van der Waals surface area (Å²) in [6.45, 7) is 1.29. The number of rotatable bonds is 5. The van der Waals surface area contributed by atoms with E-state index in [4.69, 9.17) is 26.8 Å². The molecule has 5 nitrogen and oxygen atoms in total. The van der Waals surface area contributed by atoms with E-state index in [1.807, 2.05) is 6.07 Å². The van der Waals surface area contributed by atoms with Gasteiger partial charge in [0.05, 0.1) is 11.8 Å². The van der Waals surface area contributed by atoms with Gasteiger partial charge in [-0.15, -0.1) is 12.4 Å². The van der Waals surface area contributed by atoms with E-state index in [1.165, 1.54) is 6.42 Å². The predicted molar refractivity (Wildman–Crippen MR) is 113 cm³/mol. The van der Waals surface area contributed by atoms with Crippen molar-refractivity contribution in [2.24, 2.45) is 23.5 Å². The molecule has 3 N–H and O–H groups in total. The molecular formula is C21H30Cl2N2O3. The van der Waals surface area contributed by atoms with Gasteiger partial charge < -0.3 is 20.5 Å². The van der Waals surface area contributed by atoms with Crippen LogP contribution in [0.1, 0.15) is 44.9 Å². The summed E-state index contributed by atoms with van der Waals surface area (Å²) >= 11 is 6.16. The minimum Gasteiger partial charge on any atom is -0.489 e. The molecular weight excluding hydrogens is 399 g/mol. The summed E-state index contributed by atoms with van der Waals surface area (Å²) in [5.74, 6) is 1.68. The second-order valence-electron chi connectivity index (χ2n) is 8.27. The Morgan fingerprint density at radius 1 is 1.21 bits per heavy atom. The number of amides is 1. The Morgan fingerprint density at radius 2 is 1.96 bits per heavy atom. The quantitative estimate of drug-likeness (QED) is 0.727. The van der Waals surface area contributed by atoms with Gasteiger partial charge >= 0.3 is 0 Å². The van der Waals surface area contributed by atoms with Gasteiger partial charge in [0.1, 0.15) is 12.4 Å². The Labute approximate surface area is 178 Å². The molecule has 1 amide bonds. The van der Waals surface area contributed by atoms with E-state index in [0.717, 1.165) is 45.1 Å². The SMILES string of the molecule is Cl.NC1C2CCCC1CC(C(=O)Nc1cc(Cl)ccc1OCC1CCCO1)C2. The lowest BCUT2D eigenvalue weighted by Crippen LogP contribution is -2.48. The average molecular weight is 429 g/mol. The number of anilines is 1. The summed E-state index contributed by atoms with van der Waals surface area (Å²) < 4.78 is 11.6. The summed E-state index contributed by atoms with van der Waals surface area (Å²) in [4.78, 5) is 13.0. The van der Waals surface area contributed by atoms with Crippen molar-refractivity contribution in [3.8, 4) is 5.75 Å². The molecule has 1 aromatic carbocycles. The van der Waals surface area contributed by atoms with Crippen LogP contribution in [0.4, 0.5) is 5.69 Å². The van der Waals surface area contributed by atoms with Crippen molar-refractivity contribution < 1.29 is 14.3 Å². The normalized spacial score (nSPS) is 31.7. The van der Waals surface area contributed by atoms with Crippen LogP contribution in [0.5, 0.6) is 5.75 Å². The first-order valence-corrected chi connectivity index (χ1v) is 10.6. The zero-order valence-corrected chi connectivity index (χ0v) is 17.6. The molecule has 28 heavy (non-hydrogen) atoms. The van der Waals surface area contributed by atoms with Crippen molar-refractivity contribution in [3.05, 3.63) is 23.2 Å². The van der Waals surface area contributed by atoms with Crippen LogP contribution in [0, 0.1) is 17.8 Å². The standard InChI is InChI=1S/C21H29ClN2O3.ClH/c22-16-6-7-19(27-12-17-5-2-8-26-17)18(11-16)24-21(25)15-9-13-3-1-4-14(10-15)20(13)23;/h6-7,11,13-15,17,20H,1-5,8-10,12,23H2,(H,24,25);1H. The molecule has 2 aliphatic carbocycles. The zero-order valence-electron chi connectivity index (χ0n) is 16.1. The first-order chi connectivity index (χ1) is 13.1. The predicted octanol–water partition coefficient (Wildman–Crippen LogP) is 4.41. The van der Waals surface area contributed by atoms with Crippen molar-refractivity contribution in [1.82, 2.24) is 0 Å². The fourth-order valence-electron chi connectivity index (χ4n) is 4.92. The highest BCUT2D eigenvalue weighted by Gasteiger charge is 2.40. The molecule has 0 spiro atoms. The van der Waals surface area contributed by atoms with E-state index >= 15 is 0 Å². The molecule has 2 bridgehead atoms. The molecule has 1 aromatic rings. The van der Waals surface area contributed by atoms with Crippen LogP contribution in [-0.2, 0) is 9.53 Å². The molecule has 1 aliphatic heterocycles. The smallest absolute Gasteiger partial charge is 0.227 e. The lowest BCUT2D eigenvalue weighted by Gasteiger charge is -2.43. The van der Waals surface area contributed by atoms with Crippen LogP contribution < -0.4 is 15.8 Å². The third-order valence-electron chi connectivity index (χ3n) is 6.43. The molecule has 1 heterocycles. The van der Waals surface area contributed by atoms with E-state index in [0.29, 0.717) is 34.9 Å². The van der Waals surface area contributed by atoms with Crippen molar-refractivity contribution in [3.63, 3.8) is 0 Å². The van der Waals surface area contributed by atoms with Crippen LogP contribution in [0.2, 0.25) is 5.02 Å². The van der Waals surface area contributed by atoms with E-state index < -0.39 is 0 Å². The molecule has 0 aromatic heterocycles. The van der Waals surface area contributed by atoms with Crippen LogP contribution in [0.3, 0.4) is 0 Å². The summed E-state index contributed by atoms with van der Waals surface area (Å²) in [6.07, 6.45) is 7.52. The highest BCUT2D eigenvalue weighted by atomic mass is 35.5. The second kappa shape index (κ2) is 9.66. The summed E-state index contributed by atoms with van der Waals surface area (Å²) in [5.41, 5.74) is 7.01. The van der Waals surface area contributed by atoms with Crippen molar-refractivity contribution >= 4 is 35.6 Å². The number of nitrogens with one attached hydrogen (secondary N) is 1. The Hall–Kier alpha value is -1.01. The first-order valence-electron chi connectivity index (χ1n) is 10.2. The fraction of sp³-hybridized carbons (Fsp3) is 0.667. The van der Waals surface area contributed by atoms with Crippen molar-refractivity contribution in [1.29, 1.82) is 0 Å². The van der Waals surface area contributed by atoms with Gasteiger partial charge in [-0.3, -0.25) is 4.79 Å². The lowest BCUT2D eigenvalue weighted by atomic mass is 9.65. The number of nitrogens with two attached hydrogens (primary N) is 1. The molecule has 7 heteroatoms. The Kier molecular flexibility index (Phi) is 7.48. The fourth-order valence-corrected chi connectivity index (χ4v) is 5.09.